The molecule has 0 spiro atoms. The number of amides is 2. The molecule has 32 heavy (non-hydrogen) atoms. The first kappa shape index (κ1) is 22.1. The summed E-state index contributed by atoms with van der Waals surface area (Å²) < 4.78 is 11.0. The van der Waals surface area contributed by atoms with Crippen LogP contribution in [-0.4, -0.2) is 56.1 Å². The van der Waals surface area contributed by atoms with E-state index in [0.29, 0.717) is 18.0 Å². The minimum absolute atomic E-state index is 0.0289. The monoisotopic (exact) mass is 437 g/mol. The highest BCUT2D eigenvalue weighted by Crippen LogP contribution is 2.33. The van der Waals surface area contributed by atoms with Crippen molar-refractivity contribution in [2.24, 2.45) is 0 Å². The van der Waals surface area contributed by atoms with Crippen molar-refractivity contribution in [3.63, 3.8) is 0 Å². The summed E-state index contributed by atoms with van der Waals surface area (Å²) in [6.07, 6.45) is 2.96. The van der Waals surface area contributed by atoms with Gasteiger partial charge in [-0.3, -0.25) is 19.4 Å². The van der Waals surface area contributed by atoms with E-state index in [-0.39, 0.29) is 24.4 Å². The molecule has 0 bridgehead atoms. The van der Waals surface area contributed by atoms with Gasteiger partial charge in [0.1, 0.15) is 18.0 Å². The van der Waals surface area contributed by atoms with Gasteiger partial charge in [0, 0.05) is 6.54 Å². The molecule has 2 amide bonds. The number of hydrogen-bond acceptors (Lipinski definition) is 5. The lowest BCUT2D eigenvalue weighted by Gasteiger charge is -2.35. The van der Waals surface area contributed by atoms with Crippen LogP contribution in [0.4, 0.5) is 5.69 Å². The highest BCUT2D eigenvalue weighted by Gasteiger charge is 2.32. The molecule has 0 radical (unpaired) electrons. The van der Waals surface area contributed by atoms with Gasteiger partial charge in [-0.05, 0) is 62.7 Å². The van der Waals surface area contributed by atoms with Crippen LogP contribution in [0.3, 0.4) is 0 Å². The number of carbonyl (C=O) groups is 2. The van der Waals surface area contributed by atoms with Crippen LogP contribution >= 0.6 is 0 Å². The lowest BCUT2D eigenvalue weighted by atomic mass is 10.0. The Hall–Kier alpha value is -3.06. The predicted molar refractivity (Wildman–Crippen MR) is 123 cm³/mol. The fourth-order valence-corrected chi connectivity index (χ4v) is 4.45. The zero-order valence-corrected chi connectivity index (χ0v) is 18.8. The summed E-state index contributed by atoms with van der Waals surface area (Å²) in [5.74, 6) is 1.05. The highest BCUT2D eigenvalue weighted by molar-refractivity contribution is 6.03. The third-order valence-electron chi connectivity index (χ3n) is 6.20. The van der Waals surface area contributed by atoms with Crippen molar-refractivity contribution in [2.45, 2.75) is 38.3 Å². The molecule has 2 aliphatic rings. The van der Waals surface area contributed by atoms with Crippen LogP contribution in [0.15, 0.2) is 48.5 Å². The zero-order chi connectivity index (χ0) is 22.5. The van der Waals surface area contributed by atoms with Crippen molar-refractivity contribution < 1.29 is 19.1 Å². The molecule has 2 unspecified atom stereocenters. The summed E-state index contributed by atoms with van der Waals surface area (Å²) in [5, 5.41) is 3.07. The van der Waals surface area contributed by atoms with Gasteiger partial charge in [0.25, 0.3) is 5.91 Å². The molecule has 0 aromatic heterocycles. The number of methoxy groups -OCH3 is 1. The molecule has 2 aromatic rings. The summed E-state index contributed by atoms with van der Waals surface area (Å²) in [6.45, 7) is 4.19. The number of carbonyl (C=O) groups excluding carboxylic acids is 2. The second kappa shape index (κ2) is 10.0. The molecule has 0 aliphatic carbocycles. The molecule has 2 heterocycles. The number of nitrogens with one attached hydrogen (secondary N) is 1. The molecule has 2 aromatic carbocycles. The van der Waals surface area contributed by atoms with Crippen LogP contribution in [0.5, 0.6) is 11.5 Å². The average Bonchev–Trinajstić information content (AvgIpc) is 2.83. The van der Waals surface area contributed by atoms with E-state index < -0.39 is 6.10 Å². The standard InChI is InChI=1S/C25H31N3O4/c1-18-25(30)28(21-8-4-5-9-23(21)32-18)17-24(29)26-16-22(27-14-6-3-7-15-27)19-10-12-20(31-2)13-11-19/h4-5,8-13,18,22H,3,6-7,14-17H2,1-2H3,(H,26,29). The Kier molecular flexibility index (Phi) is 6.95. The number of benzene rings is 2. The Balaban J connectivity index is 1.45. The van der Waals surface area contributed by atoms with Gasteiger partial charge in [-0.2, -0.15) is 0 Å². The number of piperidine rings is 1. The Morgan fingerprint density at radius 1 is 1.12 bits per heavy atom. The topological polar surface area (TPSA) is 71.1 Å². The fraction of sp³-hybridized carbons (Fsp3) is 0.440. The summed E-state index contributed by atoms with van der Waals surface area (Å²) in [5.41, 5.74) is 1.78. The van der Waals surface area contributed by atoms with Gasteiger partial charge in [-0.1, -0.05) is 30.7 Å². The molecule has 2 atom stereocenters. The van der Waals surface area contributed by atoms with E-state index in [0.717, 1.165) is 37.2 Å². The number of rotatable bonds is 7. The van der Waals surface area contributed by atoms with Crippen molar-refractivity contribution in [2.75, 3.05) is 38.2 Å². The maximum Gasteiger partial charge on any atom is 0.268 e. The number of likely N-dealkylation sites (tertiary alicyclic amines) is 1. The van der Waals surface area contributed by atoms with E-state index in [4.69, 9.17) is 9.47 Å². The van der Waals surface area contributed by atoms with E-state index in [2.05, 4.69) is 22.3 Å². The van der Waals surface area contributed by atoms with Crippen LogP contribution in [0, 0.1) is 0 Å². The molecule has 4 rings (SSSR count). The minimum Gasteiger partial charge on any atom is -0.497 e. The first-order valence-electron chi connectivity index (χ1n) is 11.3. The van der Waals surface area contributed by atoms with Crippen molar-refractivity contribution in [1.82, 2.24) is 10.2 Å². The summed E-state index contributed by atoms with van der Waals surface area (Å²) >= 11 is 0. The third kappa shape index (κ3) is 4.88. The number of ether oxygens (including phenoxy) is 2. The van der Waals surface area contributed by atoms with Crippen LogP contribution in [-0.2, 0) is 9.59 Å². The number of nitrogens with zero attached hydrogens (tertiary/aromatic N) is 2. The van der Waals surface area contributed by atoms with E-state index >= 15 is 0 Å². The van der Waals surface area contributed by atoms with Crippen LogP contribution in [0.25, 0.3) is 0 Å². The van der Waals surface area contributed by atoms with Gasteiger partial charge in [0.15, 0.2) is 6.10 Å². The van der Waals surface area contributed by atoms with Gasteiger partial charge < -0.3 is 14.8 Å². The molecule has 170 valence electrons. The number of para-hydroxylation sites is 2. The molecule has 1 N–H and O–H groups in total. The zero-order valence-electron chi connectivity index (χ0n) is 18.8. The molecule has 7 heteroatoms. The van der Waals surface area contributed by atoms with Crippen LogP contribution < -0.4 is 19.7 Å². The Labute approximate surface area is 189 Å². The number of fused-ring (bicyclic) bond motifs is 1. The summed E-state index contributed by atoms with van der Waals surface area (Å²) in [7, 11) is 1.66. The van der Waals surface area contributed by atoms with Crippen LogP contribution in [0.1, 0.15) is 37.8 Å². The lowest BCUT2D eigenvalue weighted by Crippen LogP contribution is -2.49. The molecule has 1 saturated heterocycles. The molecule has 2 aliphatic heterocycles. The van der Waals surface area contributed by atoms with E-state index in [1.165, 1.54) is 11.3 Å². The van der Waals surface area contributed by atoms with Crippen molar-refractivity contribution in [3.8, 4) is 11.5 Å². The second-order valence-corrected chi connectivity index (χ2v) is 8.34. The number of anilines is 1. The minimum atomic E-state index is -0.613. The van der Waals surface area contributed by atoms with Gasteiger partial charge in [-0.15, -0.1) is 0 Å². The largest absolute Gasteiger partial charge is 0.497 e. The average molecular weight is 438 g/mol. The SMILES string of the molecule is COc1ccc(C(CNC(=O)CN2C(=O)C(C)Oc3ccccc32)N2CCCCC2)cc1. The highest BCUT2D eigenvalue weighted by atomic mass is 16.5. The van der Waals surface area contributed by atoms with Crippen LogP contribution in [0.2, 0.25) is 0 Å². The summed E-state index contributed by atoms with van der Waals surface area (Å²) in [4.78, 5) is 29.5. The number of hydrogen-bond donors (Lipinski definition) is 1. The Morgan fingerprint density at radius 3 is 2.56 bits per heavy atom. The van der Waals surface area contributed by atoms with Gasteiger partial charge >= 0.3 is 0 Å². The van der Waals surface area contributed by atoms with E-state index in [1.807, 2.05) is 30.3 Å². The van der Waals surface area contributed by atoms with Crippen molar-refractivity contribution >= 4 is 17.5 Å². The predicted octanol–water partition coefficient (Wildman–Crippen LogP) is 3.15. The van der Waals surface area contributed by atoms with Crippen molar-refractivity contribution in [3.05, 3.63) is 54.1 Å². The summed E-state index contributed by atoms with van der Waals surface area (Å²) in [6, 6.07) is 15.4. The quantitative estimate of drug-likeness (QED) is 0.721. The molecule has 1 fully saturated rings. The van der Waals surface area contributed by atoms with Gasteiger partial charge in [-0.25, -0.2) is 0 Å². The molecule has 0 saturated carbocycles. The van der Waals surface area contributed by atoms with Gasteiger partial charge in [0.2, 0.25) is 5.91 Å². The van der Waals surface area contributed by atoms with E-state index in [1.54, 1.807) is 20.1 Å². The van der Waals surface area contributed by atoms with E-state index in [9.17, 15) is 9.59 Å². The fourth-order valence-electron chi connectivity index (χ4n) is 4.45. The smallest absolute Gasteiger partial charge is 0.268 e. The lowest BCUT2D eigenvalue weighted by molar-refractivity contribution is -0.128. The second-order valence-electron chi connectivity index (χ2n) is 8.34. The maximum absolute atomic E-state index is 12.9. The Morgan fingerprint density at radius 2 is 1.84 bits per heavy atom. The first-order chi connectivity index (χ1) is 15.6. The molecular formula is C25H31N3O4. The normalized spacial score (nSPS) is 19.6. The van der Waals surface area contributed by atoms with Crippen molar-refractivity contribution in [1.29, 1.82) is 0 Å². The molecule has 7 nitrogen and oxygen atoms in total. The first-order valence-corrected chi connectivity index (χ1v) is 11.3. The molecular weight excluding hydrogens is 406 g/mol. The third-order valence-corrected chi connectivity index (χ3v) is 6.20. The maximum atomic E-state index is 12.9. The van der Waals surface area contributed by atoms with Gasteiger partial charge in [0.05, 0.1) is 18.8 Å². The Bertz CT molecular complexity index is 940.